The summed E-state index contributed by atoms with van der Waals surface area (Å²) in [5.41, 5.74) is 1.10. The fourth-order valence-corrected chi connectivity index (χ4v) is 2.34. The Labute approximate surface area is 114 Å². The standard InChI is InChI=1S/C15H22N2O2/c1-15(2,11-6-4-3-5-7-11)10-17-14(19)13-8-12(18)9-16-13/h3-7,12-13,16,18H,8-10H2,1-2H3,(H,17,19). The van der Waals surface area contributed by atoms with E-state index in [1.165, 1.54) is 5.56 Å². The number of hydrogen-bond acceptors (Lipinski definition) is 3. The number of aliphatic hydroxyl groups is 1. The summed E-state index contributed by atoms with van der Waals surface area (Å²) in [6.07, 6.45) is 0.0929. The first-order valence-electron chi connectivity index (χ1n) is 6.74. The van der Waals surface area contributed by atoms with Gasteiger partial charge in [0.25, 0.3) is 0 Å². The Morgan fingerprint density at radius 1 is 1.42 bits per heavy atom. The first-order chi connectivity index (χ1) is 8.99. The highest BCUT2D eigenvalue weighted by Crippen LogP contribution is 2.21. The Kier molecular flexibility index (Phi) is 4.22. The van der Waals surface area contributed by atoms with Crippen molar-refractivity contribution in [3.8, 4) is 0 Å². The highest BCUT2D eigenvalue weighted by atomic mass is 16.3. The van der Waals surface area contributed by atoms with Gasteiger partial charge in [0.15, 0.2) is 0 Å². The number of aliphatic hydroxyl groups excluding tert-OH is 1. The highest BCUT2D eigenvalue weighted by molar-refractivity contribution is 5.82. The maximum atomic E-state index is 12.0. The Hall–Kier alpha value is -1.39. The van der Waals surface area contributed by atoms with E-state index < -0.39 is 6.10 Å². The summed E-state index contributed by atoms with van der Waals surface area (Å²) in [6, 6.07) is 9.89. The molecule has 0 bridgehead atoms. The maximum Gasteiger partial charge on any atom is 0.237 e. The zero-order valence-corrected chi connectivity index (χ0v) is 11.5. The number of carbonyl (C=O) groups is 1. The van der Waals surface area contributed by atoms with Gasteiger partial charge >= 0.3 is 0 Å². The topological polar surface area (TPSA) is 61.4 Å². The molecule has 1 aromatic carbocycles. The number of carbonyl (C=O) groups excluding carboxylic acids is 1. The first kappa shape index (κ1) is 14.0. The van der Waals surface area contributed by atoms with Crippen molar-refractivity contribution in [1.29, 1.82) is 0 Å². The van der Waals surface area contributed by atoms with Crippen LogP contribution in [0.15, 0.2) is 30.3 Å². The molecule has 4 nitrogen and oxygen atoms in total. The molecule has 1 saturated heterocycles. The van der Waals surface area contributed by atoms with Crippen molar-refractivity contribution in [1.82, 2.24) is 10.6 Å². The smallest absolute Gasteiger partial charge is 0.237 e. The zero-order chi connectivity index (χ0) is 13.9. The van der Waals surface area contributed by atoms with E-state index in [0.29, 0.717) is 19.5 Å². The van der Waals surface area contributed by atoms with E-state index in [1.54, 1.807) is 0 Å². The summed E-state index contributed by atoms with van der Waals surface area (Å²) in [6.45, 7) is 5.31. The molecule has 0 aliphatic carbocycles. The van der Waals surface area contributed by atoms with E-state index in [4.69, 9.17) is 0 Å². The summed E-state index contributed by atoms with van der Waals surface area (Å²) in [4.78, 5) is 12.0. The Morgan fingerprint density at radius 3 is 2.68 bits per heavy atom. The Morgan fingerprint density at radius 2 is 2.11 bits per heavy atom. The molecule has 1 aliphatic rings. The molecule has 19 heavy (non-hydrogen) atoms. The molecule has 1 fully saturated rings. The number of amides is 1. The van der Waals surface area contributed by atoms with E-state index in [1.807, 2.05) is 18.2 Å². The molecule has 0 spiro atoms. The van der Waals surface area contributed by atoms with E-state index in [2.05, 4.69) is 36.6 Å². The van der Waals surface area contributed by atoms with Crippen molar-refractivity contribution in [2.45, 2.75) is 37.8 Å². The largest absolute Gasteiger partial charge is 0.392 e. The average Bonchev–Trinajstić information content (AvgIpc) is 2.84. The number of β-amino-alcohol motifs (C(OH)–C–C–N with tert-alkyl or cyclic N) is 1. The molecule has 1 amide bonds. The van der Waals surface area contributed by atoms with Gasteiger partial charge in [0.05, 0.1) is 12.1 Å². The van der Waals surface area contributed by atoms with E-state index in [0.717, 1.165) is 0 Å². The Bertz CT molecular complexity index is 431. The molecular formula is C15H22N2O2. The molecule has 1 aromatic rings. The van der Waals surface area contributed by atoms with Crippen molar-refractivity contribution in [2.75, 3.05) is 13.1 Å². The van der Waals surface area contributed by atoms with Crippen LogP contribution in [0.4, 0.5) is 0 Å². The third-order valence-electron chi connectivity index (χ3n) is 3.68. The number of nitrogens with one attached hydrogen (secondary N) is 2. The number of benzene rings is 1. The molecule has 2 atom stereocenters. The molecule has 2 unspecified atom stereocenters. The minimum Gasteiger partial charge on any atom is -0.392 e. The molecule has 1 heterocycles. The molecular weight excluding hydrogens is 240 g/mol. The lowest BCUT2D eigenvalue weighted by Crippen LogP contribution is -2.45. The predicted molar refractivity (Wildman–Crippen MR) is 74.9 cm³/mol. The quantitative estimate of drug-likeness (QED) is 0.752. The third-order valence-corrected chi connectivity index (χ3v) is 3.68. The van der Waals surface area contributed by atoms with E-state index in [-0.39, 0.29) is 17.4 Å². The molecule has 0 aromatic heterocycles. The van der Waals surface area contributed by atoms with Crippen molar-refractivity contribution in [3.63, 3.8) is 0 Å². The first-order valence-corrected chi connectivity index (χ1v) is 6.74. The van der Waals surface area contributed by atoms with Gasteiger partial charge in [-0.25, -0.2) is 0 Å². The van der Waals surface area contributed by atoms with Gasteiger partial charge in [-0.15, -0.1) is 0 Å². The lowest BCUT2D eigenvalue weighted by molar-refractivity contribution is -0.123. The van der Waals surface area contributed by atoms with Gasteiger partial charge < -0.3 is 15.7 Å². The minimum atomic E-state index is -0.405. The third kappa shape index (κ3) is 3.55. The fraction of sp³-hybridized carbons (Fsp3) is 0.533. The molecule has 1 aliphatic heterocycles. The second-order valence-electron chi connectivity index (χ2n) is 5.82. The van der Waals surface area contributed by atoms with Crippen LogP contribution in [-0.4, -0.2) is 36.2 Å². The number of rotatable bonds is 4. The Balaban J connectivity index is 1.89. The monoisotopic (exact) mass is 262 g/mol. The molecule has 4 heteroatoms. The number of hydrogen-bond donors (Lipinski definition) is 3. The van der Waals surface area contributed by atoms with Crippen molar-refractivity contribution >= 4 is 5.91 Å². The second kappa shape index (κ2) is 5.72. The predicted octanol–water partition coefficient (Wildman–Crippen LogP) is 0.803. The van der Waals surface area contributed by atoms with Crippen LogP contribution in [-0.2, 0) is 10.2 Å². The SMILES string of the molecule is CC(C)(CNC(=O)C1CC(O)CN1)c1ccccc1. The van der Waals surface area contributed by atoms with Gasteiger partial charge in [-0.05, 0) is 12.0 Å². The normalized spacial score (nSPS) is 23.3. The van der Waals surface area contributed by atoms with Crippen LogP contribution in [0.5, 0.6) is 0 Å². The van der Waals surface area contributed by atoms with E-state index >= 15 is 0 Å². The van der Waals surface area contributed by atoms with Gasteiger partial charge in [0.2, 0.25) is 5.91 Å². The van der Waals surface area contributed by atoms with Crippen LogP contribution in [0, 0.1) is 0 Å². The molecule has 2 rings (SSSR count). The van der Waals surface area contributed by atoms with Crippen LogP contribution in [0.25, 0.3) is 0 Å². The van der Waals surface area contributed by atoms with Crippen LogP contribution in [0.2, 0.25) is 0 Å². The van der Waals surface area contributed by atoms with Gasteiger partial charge in [0.1, 0.15) is 0 Å². The van der Waals surface area contributed by atoms with Crippen LogP contribution >= 0.6 is 0 Å². The van der Waals surface area contributed by atoms with Crippen molar-refractivity contribution < 1.29 is 9.90 Å². The van der Waals surface area contributed by atoms with Crippen LogP contribution in [0.1, 0.15) is 25.8 Å². The maximum absolute atomic E-state index is 12.0. The molecule has 0 radical (unpaired) electrons. The second-order valence-corrected chi connectivity index (χ2v) is 5.82. The lowest BCUT2D eigenvalue weighted by atomic mass is 9.84. The summed E-state index contributed by atoms with van der Waals surface area (Å²) in [7, 11) is 0. The van der Waals surface area contributed by atoms with Gasteiger partial charge in [-0.3, -0.25) is 4.79 Å². The van der Waals surface area contributed by atoms with Crippen molar-refractivity contribution in [2.24, 2.45) is 0 Å². The van der Waals surface area contributed by atoms with Crippen LogP contribution in [0.3, 0.4) is 0 Å². The fourth-order valence-electron chi connectivity index (χ4n) is 2.34. The summed E-state index contributed by atoms with van der Waals surface area (Å²) in [5.74, 6) is -0.0273. The lowest BCUT2D eigenvalue weighted by Gasteiger charge is -2.26. The zero-order valence-electron chi connectivity index (χ0n) is 11.5. The van der Waals surface area contributed by atoms with E-state index in [9.17, 15) is 9.90 Å². The van der Waals surface area contributed by atoms with Crippen LogP contribution < -0.4 is 10.6 Å². The molecule has 0 saturated carbocycles. The summed E-state index contributed by atoms with van der Waals surface area (Å²) in [5, 5.41) is 15.4. The van der Waals surface area contributed by atoms with Gasteiger partial charge in [-0.1, -0.05) is 44.2 Å². The summed E-state index contributed by atoms with van der Waals surface area (Å²) >= 11 is 0. The van der Waals surface area contributed by atoms with Gasteiger partial charge in [-0.2, -0.15) is 0 Å². The average molecular weight is 262 g/mol. The summed E-state index contributed by atoms with van der Waals surface area (Å²) < 4.78 is 0. The minimum absolute atomic E-state index is 0.0273. The molecule has 3 N–H and O–H groups in total. The highest BCUT2D eigenvalue weighted by Gasteiger charge is 2.29. The van der Waals surface area contributed by atoms with Gasteiger partial charge in [0, 0.05) is 18.5 Å². The van der Waals surface area contributed by atoms with Crippen molar-refractivity contribution in [3.05, 3.63) is 35.9 Å². The molecule has 104 valence electrons.